The summed E-state index contributed by atoms with van der Waals surface area (Å²) in [6.07, 6.45) is -0.0342. The van der Waals surface area contributed by atoms with Crippen molar-refractivity contribution >= 4 is 11.9 Å². The first kappa shape index (κ1) is 15.1. The van der Waals surface area contributed by atoms with Gasteiger partial charge in [0, 0.05) is 25.7 Å². The molecule has 0 heterocycles. The summed E-state index contributed by atoms with van der Waals surface area (Å²) in [6, 6.07) is 5.69. The number of hydrogen-bond donors (Lipinski definition) is 3. The molecule has 0 fully saturated rings. The molecule has 0 aliphatic carbocycles. The summed E-state index contributed by atoms with van der Waals surface area (Å²) in [6.45, 7) is -0.0434. The van der Waals surface area contributed by atoms with Gasteiger partial charge >= 0.3 is 5.97 Å². The molecule has 0 bridgehead atoms. The molecule has 0 spiro atoms. The van der Waals surface area contributed by atoms with E-state index >= 15 is 0 Å². The molecule has 1 amide bonds. The van der Waals surface area contributed by atoms with Crippen LogP contribution in [-0.2, 0) is 16.1 Å². The Balaban J connectivity index is 2.84. The van der Waals surface area contributed by atoms with Gasteiger partial charge in [-0.05, 0) is 11.6 Å². The quantitative estimate of drug-likeness (QED) is 0.664. The van der Waals surface area contributed by atoms with E-state index < -0.39 is 17.9 Å². The van der Waals surface area contributed by atoms with E-state index in [1.807, 2.05) is 0 Å². The second kappa shape index (κ2) is 7.50. The van der Waals surface area contributed by atoms with Crippen LogP contribution >= 0.6 is 0 Å². The Morgan fingerprint density at radius 1 is 1.37 bits per heavy atom. The average molecular weight is 267 g/mol. The van der Waals surface area contributed by atoms with Crippen LogP contribution in [0.2, 0.25) is 0 Å². The largest absolute Gasteiger partial charge is 0.480 e. The summed E-state index contributed by atoms with van der Waals surface area (Å²) in [5.74, 6) is -1.67. The van der Waals surface area contributed by atoms with E-state index in [0.29, 0.717) is 11.1 Å². The zero-order valence-electron chi connectivity index (χ0n) is 10.6. The van der Waals surface area contributed by atoms with Crippen LogP contribution in [0.25, 0.3) is 0 Å². The van der Waals surface area contributed by atoms with E-state index in [9.17, 15) is 9.59 Å². The fraction of sp³-hybridized carbons (Fsp3) is 0.385. The number of aliphatic carboxylic acids is 1. The summed E-state index contributed by atoms with van der Waals surface area (Å²) in [7, 11) is 1.51. The van der Waals surface area contributed by atoms with Crippen molar-refractivity contribution in [2.24, 2.45) is 0 Å². The first-order valence-electron chi connectivity index (χ1n) is 5.81. The van der Waals surface area contributed by atoms with Gasteiger partial charge in [-0.15, -0.1) is 0 Å². The first-order valence-corrected chi connectivity index (χ1v) is 5.81. The highest BCUT2D eigenvalue weighted by Crippen LogP contribution is 2.10. The molecule has 0 aliphatic heterocycles. The molecule has 0 aromatic heterocycles. The molecule has 1 rings (SSSR count). The van der Waals surface area contributed by atoms with E-state index in [2.05, 4.69) is 5.32 Å². The monoisotopic (exact) mass is 267 g/mol. The van der Waals surface area contributed by atoms with Crippen LogP contribution in [0.5, 0.6) is 0 Å². The van der Waals surface area contributed by atoms with Gasteiger partial charge in [0.05, 0.1) is 6.61 Å². The number of benzene rings is 1. The minimum atomic E-state index is -1.17. The van der Waals surface area contributed by atoms with Crippen molar-refractivity contribution in [3.63, 3.8) is 0 Å². The van der Waals surface area contributed by atoms with Crippen molar-refractivity contribution in [3.8, 4) is 0 Å². The first-order chi connectivity index (χ1) is 9.10. The maximum Gasteiger partial charge on any atom is 0.326 e. The molecule has 3 N–H and O–H groups in total. The van der Waals surface area contributed by atoms with Gasteiger partial charge in [0.15, 0.2) is 0 Å². The molecular weight excluding hydrogens is 250 g/mol. The molecule has 6 nitrogen and oxygen atoms in total. The Labute approximate surface area is 111 Å². The molecule has 1 atom stereocenters. The number of rotatable bonds is 7. The van der Waals surface area contributed by atoms with Gasteiger partial charge in [0.1, 0.15) is 6.04 Å². The van der Waals surface area contributed by atoms with E-state index in [0.717, 1.165) is 0 Å². The third kappa shape index (κ3) is 4.35. The van der Waals surface area contributed by atoms with Crippen LogP contribution in [0.1, 0.15) is 22.3 Å². The van der Waals surface area contributed by atoms with Crippen molar-refractivity contribution in [1.29, 1.82) is 0 Å². The Morgan fingerprint density at radius 3 is 2.63 bits per heavy atom. The maximum absolute atomic E-state index is 12.0. The van der Waals surface area contributed by atoms with Crippen LogP contribution in [0, 0.1) is 0 Å². The number of carboxylic acid groups (broad SMARTS) is 1. The van der Waals surface area contributed by atoms with Crippen molar-refractivity contribution in [2.75, 3.05) is 13.7 Å². The Hall–Kier alpha value is -1.92. The van der Waals surface area contributed by atoms with Crippen LogP contribution in [0.3, 0.4) is 0 Å². The third-order valence-corrected chi connectivity index (χ3v) is 2.58. The molecule has 1 aromatic rings. The van der Waals surface area contributed by atoms with E-state index in [-0.39, 0.29) is 19.6 Å². The average Bonchev–Trinajstić information content (AvgIpc) is 2.39. The van der Waals surface area contributed by atoms with Crippen LogP contribution < -0.4 is 5.32 Å². The SMILES string of the molecule is COCc1ccccc1C(=O)N[C@@H](CCO)C(=O)O. The molecule has 0 unspecified atom stereocenters. The second-order valence-corrected chi connectivity index (χ2v) is 3.97. The van der Waals surface area contributed by atoms with Crippen LogP contribution in [0.4, 0.5) is 0 Å². The molecule has 0 saturated carbocycles. The minimum absolute atomic E-state index is 0.0342. The molecule has 0 saturated heterocycles. The van der Waals surface area contributed by atoms with Crippen LogP contribution in [-0.4, -0.2) is 41.8 Å². The highest BCUT2D eigenvalue weighted by atomic mass is 16.5. The van der Waals surface area contributed by atoms with Gasteiger partial charge in [-0.1, -0.05) is 18.2 Å². The van der Waals surface area contributed by atoms with Gasteiger partial charge < -0.3 is 20.3 Å². The molecule has 0 aliphatic rings. The molecule has 0 radical (unpaired) electrons. The maximum atomic E-state index is 12.0. The second-order valence-electron chi connectivity index (χ2n) is 3.97. The van der Waals surface area contributed by atoms with Crippen molar-refractivity contribution in [1.82, 2.24) is 5.32 Å². The molecule has 104 valence electrons. The third-order valence-electron chi connectivity index (χ3n) is 2.58. The molecular formula is C13H17NO5. The van der Waals surface area contributed by atoms with E-state index in [1.165, 1.54) is 7.11 Å². The number of carboxylic acids is 1. The number of hydrogen-bond acceptors (Lipinski definition) is 4. The molecule has 6 heteroatoms. The number of aliphatic hydroxyl groups is 1. The standard InChI is InChI=1S/C13H17NO5/c1-19-8-9-4-2-3-5-10(9)12(16)14-11(6-7-15)13(17)18/h2-5,11,15H,6-8H2,1H3,(H,14,16)(H,17,18)/t11-/m0/s1. The number of ether oxygens (including phenoxy) is 1. The predicted molar refractivity (Wildman–Crippen MR) is 67.7 cm³/mol. The highest BCUT2D eigenvalue weighted by molar-refractivity contribution is 5.97. The lowest BCUT2D eigenvalue weighted by Crippen LogP contribution is -2.41. The topological polar surface area (TPSA) is 95.9 Å². The molecule has 19 heavy (non-hydrogen) atoms. The van der Waals surface area contributed by atoms with Gasteiger partial charge in [-0.2, -0.15) is 0 Å². The normalized spacial score (nSPS) is 11.9. The van der Waals surface area contributed by atoms with Crippen molar-refractivity contribution < 1.29 is 24.5 Å². The number of nitrogens with one attached hydrogen (secondary N) is 1. The summed E-state index contributed by atoms with van der Waals surface area (Å²) < 4.78 is 4.98. The van der Waals surface area contributed by atoms with E-state index in [4.69, 9.17) is 14.9 Å². The lowest BCUT2D eigenvalue weighted by molar-refractivity contribution is -0.139. The number of carbonyl (C=O) groups is 2. The summed E-state index contributed by atoms with van der Waals surface area (Å²) in [4.78, 5) is 22.9. The van der Waals surface area contributed by atoms with Crippen molar-refractivity contribution in [2.45, 2.75) is 19.1 Å². The van der Waals surface area contributed by atoms with Crippen molar-refractivity contribution in [3.05, 3.63) is 35.4 Å². The fourth-order valence-electron chi connectivity index (χ4n) is 1.65. The number of aliphatic hydroxyl groups excluding tert-OH is 1. The van der Waals surface area contributed by atoms with Gasteiger partial charge in [0.25, 0.3) is 5.91 Å². The van der Waals surface area contributed by atoms with Gasteiger partial charge in [-0.25, -0.2) is 4.79 Å². The number of carbonyl (C=O) groups excluding carboxylic acids is 1. The fourth-order valence-corrected chi connectivity index (χ4v) is 1.65. The Morgan fingerprint density at radius 2 is 2.05 bits per heavy atom. The van der Waals surface area contributed by atoms with Crippen LogP contribution in [0.15, 0.2) is 24.3 Å². The molecule has 1 aromatic carbocycles. The summed E-state index contributed by atoms with van der Waals surface area (Å²) in [5, 5.41) is 20.1. The zero-order valence-corrected chi connectivity index (χ0v) is 10.6. The minimum Gasteiger partial charge on any atom is -0.480 e. The summed E-state index contributed by atoms with van der Waals surface area (Å²) >= 11 is 0. The smallest absolute Gasteiger partial charge is 0.326 e. The summed E-state index contributed by atoms with van der Waals surface area (Å²) in [5.41, 5.74) is 1.05. The Bertz CT molecular complexity index is 446. The van der Waals surface area contributed by atoms with Gasteiger partial charge in [-0.3, -0.25) is 4.79 Å². The predicted octanol–water partition coefficient (Wildman–Crippen LogP) is 0.398. The van der Waals surface area contributed by atoms with E-state index in [1.54, 1.807) is 24.3 Å². The lowest BCUT2D eigenvalue weighted by atomic mass is 10.1. The number of amides is 1. The number of methoxy groups -OCH3 is 1. The zero-order chi connectivity index (χ0) is 14.3. The highest BCUT2D eigenvalue weighted by Gasteiger charge is 2.21. The van der Waals surface area contributed by atoms with Gasteiger partial charge in [0.2, 0.25) is 0 Å². The lowest BCUT2D eigenvalue weighted by Gasteiger charge is -2.15. The Kier molecular flexibility index (Phi) is 5.98.